The van der Waals surface area contributed by atoms with Gasteiger partial charge in [-0.1, -0.05) is 75.2 Å². The van der Waals surface area contributed by atoms with E-state index in [-0.39, 0.29) is 5.57 Å². The number of aryl methyl sites for hydroxylation is 1. The molecule has 0 atom stereocenters. The summed E-state index contributed by atoms with van der Waals surface area (Å²) in [4.78, 5) is 12.8. The van der Waals surface area contributed by atoms with Crippen molar-refractivity contribution in [1.82, 2.24) is 0 Å². The summed E-state index contributed by atoms with van der Waals surface area (Å²) in [5.74, 6) is 0.233. The first kappa shape index (κ1) is 23.8. The predicted octanol–water partition coefficient (Wildman–Crippen LogP) is 6.92. The molecule has 0 fully saturated rings. The van der Waals surface area contributed by atoms with Crippen molar-refractivity contribution >= 4 is 49.5 Å². The number of anilines is 1. The number of carbonyl (C=O) groups is 1. The van der Waals surface area contributed by atoms with Crippen molar-refractivity contribution in [3.8, 4) is 11.8 Å². The average molecular weight is 554 g/mol. The Bertz CT molecular complexity index is 1210. The van der Waals surface area contributed by atoms with E-state index >= 15 is 0 Å². The van der Waals surface area contributed by atoms with Crippen LogP contribution >= 0.6 is 31.9 Å². The van der Waals surface area contributed by atoms with E-state index in [1.54, 1.807) is 13.2 Å². The molecule has 0 spiro atoms. The van der Waals surface area contributed by atoms with Crippen LogP contribution in [-0.4, -0.2) is 13.0 Å². The minimum Gasteiger partial charge on any atom is -0.496 e. The van der Waals surface area contributed by atoms with Crippen LogP contribution in [0.25, 0.3) is 6.08 Å². The van der Waals surface area contributed by atoms with E-state index in [1.807, 2.05) is 67.6 Å². The Kier molecular flexibility index (Phi) is 8.26. The molecule has 0 aliphatic rings. The minimum absolute atomic E-state index is 0.0170. The van der Waals surface area contributed by atoms with Crippen LogP contribution in [0.2, 0.25) is 0 Å². The zero-order valence-corrected chi connectivity index (χ0v) is 21.0. The lowest BCUT2D eigenvalue weighted by Crippen LogP contribution is -2.14. The van der Waals surface area contributed by atoms with Crippen LogP contribution in [0.15, 0.2) is 75.2 Å². The Morgan fingerprint density at radius 2 is 1.75 bits per heavy atom. The first-order valence-electron chi connectivity index (χ1n) is 10.1. The molecule has 0 bridgehead atoms. The minimum atomic E-state index is -0.444. The number of hydrogen-bond acceptors (Lipinski definition) is 3. The van der Waals surface area contributed by atoms with E-state index in [0.29, 0.717) is 23.4 Å². The van der Waals surface area contributed by atoms with Crippen LogP contribution in [0.3, 0.4) is 0 Å². The summed E-state index contributed by atoms with van der Waals surface area (Å²) in [5, 5.41) is 12.5. The third-order valence-corrected chi connectivity index (χ3v) is 6.53. The quantitative estimate of drug-likeness (QED) is 0.255. The SMILES string of the molecule is CCc1ccccc1NC(=O)/C(C#N)=C/c1cc(Br)c(Cc2ccccc2Br)c(OC)c1. The van der Waals surface area contributed by atoms with Crippen molar-refractivity contribution < 1.29 is 9.53 Å². The molecule has 0 aromatic heterocycles. The van der Waals surface area contributed by atoms with Crippen molar-refractivity contribution in [1.29, 1.82) is 5.26 Å². The van der Waals surface area contributed by atoms with Gasteiger partial charge >= 0.3 is 0 Å². The van der Waals surface area contributed by atoms with Crippen LogP contribution in [0.1, 0.15) is 29.2 Å². The number of benzene rings is 3. The van der Waals surface area contributed by atoms with Crippen molar-refractivity contribution in [3.05, 3.63) is 97.4 Å². The molecule has 0 saturated heterocycles. The van der Waals surface area contributed by atoms with Gasteiger partial charge in [0.15, 0.2) is 0 Å². The second kappa shape index (κ2) is 11.1. The van der Waals surface area contributed by atoms with Crippen LogP contribution < -0.4 is 10.1 Å². The largest absolute Gasteiger partial charge is 0.496 e. The fraction of sp³-hybridized carbons (Fsp3) is 0.154. The molecule has 0 radical (unpaired) electrons. The Balaban J connectivity index is 1.91. The lowest BCUT2D eigenvalue weighted by molar-refractivity contribution is -0.112. The molecule has 1 amide bonds. The van der Waals surface area contributed by atoms with Crippen molar-refractivity contribution in [3.63, 3.8) is 0 Å². The first-order valence-corrected chi connectivity index (χ1v) is 11.7. The molecule has 3 aromatic rings. The maximum atomic E-state index is 12.8. The van der Waals surface area contributed by atoms with Gasteiger partial charge in [-0.15, -0.1) is 0 Å². The van der Waals surface area contributed by atoms with Crippen molar-refractivity contribution in [2.24, 2.45) is 0 Å². The van der Waals surface area contributed by atoms with Crippen molar-refractivity contribution in [2.45, 2.75) is 19.8 Å². The monoisotopic (exact) mass is 552 g/mol. The summed E-state index contributed by atoms with van der Waals surface area (Å²) in [5.41, 5.74) is 4.55. The molecular formula is C26H22Br2N2O2. The number of methoxy groups -OCH3 is 1. The van der Waals surface area contributed by atoms with Crippen LogP contribution in [-0.2, 0) is 17.6 Å². The third-order valence-electron chi connectivity index (χ3n) is 5.04. The number of nitriles is 1. The summed E-state index contributed by atoms with van der Waals surface area (Å²) in [6, 6.07) is 21.3. The van der Waals surface area contributed by atoms with E-state index in [4.69, 9.17) is 4.74 Å². The number of carbonyl (C=O) groups excluding carboxylic acids is 1. The summed E-state index contributed by atoms with van der Waals surface area (Å²) in [6.07, 6.45) is 3.01. The van der Waals surface area contributed by atoms with E-state index in [9.17, 15) is 10.1 Å². The van der Waals surface area contributed by atoms with Gasteiger partial charge in [0.1, 0.15) is 17.4 Å². The fourth-order valence-corrected chi connectivity index (χ4v) is 4.38. The summed E-state index contributed by atoms with van der Waals surface area (Å²) in [7, 11) is 1.61. The molecule has 6 heteroatoms. The molecular weight excluding hydrogens is 532 g/mol. The number of amides is 1. The highest BCUT2D eigenvalue weighted by molar-refractivity contribution is 9.10. The zero-order valence-electron chi connectivity index (χ0n) is 17.8. The maximum Gasteiger partial charge on any atom is 0.266 e. The number of nitrogens with zero attached hydrogens (tertiary/aromatic N) is 1. The maximum absolute atomic E-state index is 12.8. The topological polar surface area (TPSA) is 62.1 Å². The highest BCUT2D eigenvalue weighted by Gasteiger charge is 2.15. The number of ether oxygens (including phenoxy) is 1. The Morgan fingerprint density at radius 3 is 2.41 bits per heavy atom. The lowest BCUT2D eigenvalue weighted by atomic mass is 10.0. The molecule has 0 heterocycles. The first-order chi connectivity index (χ1) is 15.5. The molecule has 0 saturated carbocycles. The predicted molar refractivity (Wildman–Crippen MR) is 136 cm³/mol. The van der Waals surface area contributed by atoms with Crippen LogP contribution in [0.4, 0.5) is 5.69 Å². The smallest absolute Gasteiger partial charge is 0.266 e. The summed E-state index contributed by atoms with van der Waals surface area (Å²) in [6.45, 7) is 2.02. The molecule has 1 N–H and O–H groups in total. The highest BCUT2D eigenvalue weighted by atomic mass is 79.9. The number of para-hydroxylation sites is 1. The molecule has 0 unspecified atom stereocenters. The average Bonchev–Trinajstić information content (AvgIpc) is 2.80. The molecule has 32 heavy (non-hydrogen) atoms. The number of rotatable bonds is 7. The lowest BCUT2D eigenvalue weighted by Gasteiger charge is -2.14. The number of hydrogen-bond donors (Lipinski definition) is 1. The van der Waals surface area contributed by atoms with Gasteiger partial charge in [0.25, 0.3) is 5.91 Å². The van der Waals surface area contributed by atoms with Gasteiger partial charge in [-0.05, 0) is 53.5 Å². The van der Waals surface area contributed by atoms with Gasteiger partial charge < -0.3 is 10.1 Å². The van der Waals surface area contributed by atoms with E-state index in [0.717, 1.165) is 32.1 Å². The van der Waals surface area contributed by atoms with Gasteiger partial charge in [-0.25, -0.2) is 0 Å². The molecule has 162 valence electrons. The second-order valence-corrected chi connectivity index (χ2v) is 8.80. The number of halogens is 2. The molecule has 0 aliphatic carbocycles. The van der Waals surface area contributed by atoms with Crippen LogP contribution in [0.5, 0.6) is 5.75 Å². The normalized spacial score (nSPS) is 11.0. The molecule has 4 nitrogen and oxygen atoms in total. The van der Waals surface area contributed by atoms with E-state index < -0.39 is 5.91 Å². The van der Waals surface area contributed by atoms with Gasteiger partial charge in [-0.2, -0.15) is 5.26 Å². The highest BCUT2D eigenvalue weighted by Crippen LogP contribution is 2.33. The number of nitrogens with one attached hydrogen (secondary N) is 1. The summed E-state index contributed by atoms with van der Waals surface area (Å²) >= 11 is 7.22. The molecule has 0 aliphatic heterocycles. The fourth-order valence-electron chi connectivity index (χ4n) is 3.36. The van der Waals surface area contributed by atoms with Crippen LogP contribution in [0, 0.1) is 11.3 Å². The zero-order chi connectivity index (χ0) is 23.1. The summed E-state index contributed by atoms with van der Waals surface area (Å²) < 4.78 is 7.49. The molecule has 3 aromatic carbocycles. The standard InChI is InChI=1S/C26H22Br2N2O2/c1-3-18-8-5-7-11-24(18)30-26(31)20(16-29)12-17-13-23(28)21(25(14-17)32-2)15-19-9-4-6-10-22(19)27/h4-14H,3,15H2,1-2H3,(H,30,31)/b20-12+. The van der Waals surface area contributed by atoms with E-state index in [2.05, 4.69) is 43.2 Å². The molecule has 3 rings (SSSR count). The van der Waals surface area contributed by atoms with Gasteiger partial charge in [0, 0.05) is 26.6 Å². The Labute approximate surface area is 205 Å². The van der Waals surface area contributed by atoms with E-state index in [1.165, 1.54) is 0 Å². The van der Waals surface area contributed by atoms with Gasteiger partial charge in [0.05, 0.1) is 7.11 Å². The Hall–Kier alpha value is -2.88. The van der Waals surface area contributed by atoms with Crippen molar-refractivity contribution in [2.75, 3.05) is 12.4 Å². The van der Waals surface area contributed by atoms with Gasteiger partial charge in [-0.3, -0.25) is 4.79 Å². The Morgan fingerprint density at radius 1 is 1.06 bits per heavy atom. The second-order valence-electron chi connectivity index (χ2n) is 7.09. The third kappa shape index (κ3) is 5.67. The van der Waals surface area contributed by atoms with Gasteiger partial charge in [0.2, 0.25) is 0 Å².